The van der Waals surface area contributed by atoms with Crippen LogP contribution in [-0.2, 0) is 21.2 Å². The minimum absolute atomic E-state index is 0.0754. The molecule has 34 heavy (non-hydrogen) atoms. The van der Waals surface area contributed by atoms with Crippen LogP contribution in [0.3, 0.4) is 0 Å². The predicted octanol–water partition coefficient (Wildman–Crippen LogP) is 1.89. The van der Waals surface area contributed by atoms with Gasteiger partial charge in [-0.2, -0.15) is 5.01 Å². The lowest BCUT2D eigenvalue weighted by Gasteiger charge is -2.22. The molecule has 5 rings (SSSR count). The van der Waals surface area contributed by atoms with Crippen molar-refractivity contribution in [2.75, 3.05) is 17.2 Å². The van der Waals surface area contributed by atoms with E-state index < -0.39 is 33.4 Å². The monoisotopic (exact) mass is 499 g/mol. The Labute approximate surface area is 200 Å². The average molecular weight is 500 g/mol. The molecular weight excluding hydrogens is 478 g/mol. The van der Waals surface area contributed by atoms with Gasteiger partial charge in [0.15, 0.2) is 5.17 Å². The van der Waals surface area contributed by atoms with Gasteiger partial charge >= 0.3 is 6.03 Å². The molecule has 2 aromatic rings. The Kier molecular flexibility index (Phi) is 5.36. The number of benzene rings is 2. The number of hydrogen-bond donors (Lipinski definition) is 2. The van der Waals surface area contributed by atoms with Crippen LogP contribution in [0.4, 0.5) is 10.5 Å². The molecule has 2 N–H and O–H groups in total. The molecule has 0 saturated carbocycles. The van der Waals surface area contributed by atoms with Crippen molar-refractivity contribution in [1.82, 2.24) is 15.8 Å². The summed E-state index contributed by atoms with van der Waals surface area (Å²) < 4.78 is 27.4. The van der Waals surface area contributed by atoms with Gasteiger partial charge in [0.05, 0.1) is 11.4 Å². The maximum atomic E-state index is 13.0. The Bertz CT molecular complexity index is 1340. The first kappa shape index (κ1) is 22.4. The molecule has 0 aliphatic carbocycles. The standard InChI is InChI=1S/C22H21N5O5S2/c1-22(10-9-14-5-3-2-4-6-14)19(29)27(20(30)23-22)24-18(28)15-7-8-16-17(13-15)33-21-25-34(31,32)12-11-26(16)21/h2-8,13H,9-12H2,1H3,(H,23,30)(H,24,28). The summed E-state index contributed by atoms with van der Waals surface area (Å²) in [5.74, 6) is -1.24. The van der Waals surface area contributed by atoms with Crippen molar-refractivity contribution in [3.63, 3.8) is 0 Å². The average Bonchev–Trinajstić information content (AvgIpc) is 3.26. The van der Waals surface area contributed by atoms with E-state index >= 15 is 0 Å². The number of imide groups is 1. The SMILES string of the molecule is CC1(CCc2ccccc2)NC(=O)N(NC(=O)c2ccc3c(c2)SC2=NS(=O)(=O)CCN23)C1=O. The van der Waals surface area contributed by atoms with Crippen LogP contribution in [0, 0.1) is 0 Å². The number of nitrogens with one attached hydrogen (secondary N) is 2. The topological polar surface area (TPSA) is 128 Å². The second-order valence-electron chi connectivity index (χ2n) is 8.43. The molecule has 176 valence electrons. The van der Waals surface area contributed by atoms with Gasteiger partial charge in [0.25, 0.3) is 21.8 Å². The van der Waals surface area contributed by atoms with Crippen LogP contribution in [0.1, 0.15) is 29.3 Å². The summed E-state index contributed by atoms with van der Waals surface area (Å²) in [6.45, 7) is 1.93. The van der Waals surface area contributed by atoms with Crippen LogP contribution in [0.2, 0.25) is 0 Å². The number of sulfonamides is 1. The van der Waals surface area contributed by atoms with Gasteiger partial charge in [0.1, 0.15) is 5.54 Å². The second kappa shape index (κ2) is 8.13. The van der Waals surface area contributed by atoms with Crippen molar-refractivity contribution in [2.24, 2.45) is 4.40 Å². The van der Waals surface area contributed by atoms with E-state index in [1.165, 1.54) is 0 Å². The quantitative estimate of drug-likeness (QED) is 0.601. The number of carbonyl (C=O) groups is 3. The molecule has 1 atom stereocenters. The summed E-state index contributed by atoms with van der Waals surface area (Å²) >= 11 is 1.16. The summed E-state index contributed by atoms with van der Waals surface area (Å²) in [4.78, 5) is 40.8. The summed E-state index contributed by atoms with van der Waals surface area (Å²) in [7, 11) is -3.49. The molecule has 0 bridgehead atoms. The molecule has 3 aliphatic heterocycles. The van der Waals surface area contributed by atoms with E-state index in [1.807, 2.05) is 30.3 Å². The smallest absolute Gasteiger partial charge is 0.322 e. The van der Waals surface area contributed by atoms with Gasteiger partial charge in [-0.3, -0.25) is 15.0 Å². The fraction of sp³-hybridized carbons (Fsp3) is 0.273. The van der Waals surface area contributed by atoms with Gasteiger partial charge in [-0.15, -0.1) is 4.40 Å². The molecule has 2 aromatic carbocycles. The van der Waals surface area contributed by atoms with Gasteiger partial charge in [-0.05, 0) is 55.3 Å². The summed E-state index contributed by atoms with van der Waals surface area (Å²) in [5, 5.41) is 3.74. The van der Waals surface area contributed by atoms with Crippen molar-refractivity contribution in [3.05, 3.63) is 59.7 Å². The van der Waals surface area contributed by atoms with E-state index in [0.29, 0.717) is 27.9 Å². The van der Waals surface area contributed by atoms with Crippen molar-refractivity contribution in [1.29, 1.82) is 0 Å². The second-order valence-corrected chi connectivity index (χ2v) is 11.2. The Morgan fingerprint density at radius 2 is 1.97 bits per heavy atom. The van der Waals surface area contributed by atoms with E-state index in [1.54, 1.807) is 30.0 Å². The highest BCUT2D eigenvalue weighted by atomic mass is 32.2. The van der Waals surface area contributed by atoms with Crippen LogP contribution < -0.4 is 15.6 Å². The number of thioether (sulfide) groups is 1. The molecule has 0 aromatic heterocycles. The highest BCUT2D eigenvalue weighted by Crippen LogP contribution is 2.42. The molecule has 3 heterocycles. The minimum atomic E-state index is -3.49. The number of amides is 4. The summed E-state index contributed by atoms with van der Waals surface area (Å²) in [6.07, 6.45) is 0.966. The number of urea groups is 1. The number of hydrogen-bond acceptors (Lipinski definition) is 7. The maximum absolute atomic E-state index is 13.0. The number of nitrogens with zero attached hydrogens (tertiary/aromatic N) is 3. The van der Waals surface area contributed by atoms with Gasteiger partial charge in [-0.25, -0.2) is 13.2 Å². The number of carbonyl (C=O) groups excluding carboxylic acids is 3. The summed E-state index contributed by atoms with van der Waals surface area (Å²) in [6, 6.07) is 13.8. The number of anilines is 1. The van der Waals surface area contributed by atoms with Gasteiger partial charge in [0, 0.05) is 17.0 Å². The molecule has 1 fully saturated rings. The number of rotatable bonds is 5. The summed E-state index contributed by atoms with van der Waals surface area (Å²) in [5.41, 5.74) is 3.29. The van der Waals surface area contributed by atoms with E-state index in [0.717, 1.165) is 23.0 Å². The third-order valence-electron chi connectivity index (χ3n) is 5.97. The fourth-order valence-corrected chi connectivity index (χ4v) is 6.33. The van der Waals surface area contributed by atoms with Crippen LogP contribution in [0.15, 0.2) is 57.8 Å². The maximum Gasteiger partial charge on any atom is 0.344 e. The number of hydrazine groups is 1. The van der Waals surface area contributed by atoms with Crippen LogP contribution >= 0.6 is 11.8 Å². The zero-order valence-electron chi connectivity index (χ0n) is 18.1. The number of fused-ring (bicyclic) bond motifs is 3. The van der Waals surface area contributed by atoms with Crippen molar-refractivity contribution in [2.45, 2.75) is 30.2 Å². The molecule has 3 aliphatic rings. The van der Waals surface area contributed by atoms with E-state index in [4.69, 9.17) is 0 Å². The molecule has 4 amide bonds. The number of amidine groups is 1. The molecular formula is C22H21N5O5S2. The van der Waals surface area contributed by atoms with E-state index in [-0.39, 0.29) is 17.9 Å². The first-order valence-corrected chi connectivity index (χ1v) is 13.0. The Balaban J connectivity index is 1.29. The Morgan fingerprint density at radius 1 is 1.21 bits per heavy atom. The lowest BCUT2D eigenvalue weighted by Crippen LogP contribution is -2.49. The number of aryl methyl sites for hydroxylation is 1. The third kappa shape index (κ3) is 4.03. The van der Waals surface area contributed by atoms with Crippen LogP contribution in [-0.4, -0.2) is 54.3 Å². The van der Waals surface area contributed by atoms with Crippen LogP contribution in [0.5, 0.6) is 0 Å². The lowest BCUT2D eigenvalue weighted by atomic mass is 9.93. The van der Waals surface area contributed by atoms with Crippen molar-refractivity contribution < 1.29 is 22.8 Å². The lowest BCUT2D eigenvalue weighted by molar-refractivity contribution is -0.132. The molecule has 10 nitrogen and oxygen atoms in total. The highest BCUT2D eigenvalue weighted by molar-refractivity contribution is 8.15. The third-order valence-corrected chi connectivity index (χ3v) is 8.27. The molecule has 1 unspecified atom stereocenters. The fourth-order valence-electron chi connectivity index (χ4n) is 4.03. The van der Waals surface area contributed by atoms with E-state index in [2.05, 4.69) is 15.1 Å². The Hall–Kier alpha value is -3.38. The van der Waals surface area contributed by atoms with Crippen molar-refractivity contribution in [3.8, 4) is 0 Å². The predicted molar refractivity (Wildman–Crippen MR) is 127 cm³/mol. The zero-order valence-corrected chi connectivity index (χ0v) is 19.8. The van der Waals surface area contributed by atoms with Gasteiger partial charge < -0.3 is 10.2 Å². The van der Waals surface area contributed by atoms with Gasteiger partial charge in [-0.1, -0.05) is 30.3 Å². The molecule has 0 radical (unpaired) electrons. The highest BCUT2D eigenvalue weighted by Gasteiger charge is 2.48. The molecule has 1 saturated heterocycles. The normalized spacial score (nSPS) is 22.7. The van der Waals surface area contributed by atoms with E-state index in [9.17, 15) is 22.8 Å². The largest absolute Gasteiger partial charge is 0.344 e. The van der Waals surface area contributed by atoms with Gasteiger partial charge in [0.2, 0.25) is 0 Å². The Morgan fingerprint density at radius 3 is 2.74 bits per heavy atom. The zero-order chi connectivity index (χ0) is 24.1. The molecule has 0 spiro atoms. The first-order chi connectivity index (χ1) is 16.2. The molecule has 12 heteroatoms. The van der Waals surface area contributed by atoms with Crippen molar-refractivity contribution >= 4 is 50.5 Å². The first-order valence-electron chi connectivity index (χ1n) is 10.6. The minimum Gasteiger partial charge on any atom is -0.322 e. The van der Waals surface area contributed by atoms with Crippen LogP contribution in [0.25, 0.3) is 0 Å².